The fourth-order valence-electron chi connectivity index (χ4n) is 4.29. The second-order valence-electron chi connectivity index (χ2n) is 7.54. The second kappa shape index (κ2) is 7.69. The summed E-state index contributed by atoms with van der Waals surface area (Å²) in [6.07, 6.45) is -2.59. The molecular formula is C24H27F3N2. The molecule has 3 rings (SSSR count). The Morgan fingerprint density at radius 1 is 0.966 bits per heavy atom. The van der Waals surface area contributed by atoms with Crippen molar-refractivity contribution >= 4 is 11.3 Å². The molecule has 154 valence electrons. The molecule has 1 aliphatic heterocycles. The first kappa shape index (κ1) is 21.2. The Balaban J connectivity index is 2.31. The van der Waals surface area contributed by atoms with Crippen molar-refractivity contribution in [2.45, 2.75) is 60.6 Å². The van der Waals surface area contributed by atoms with E-state index in [4.69, 9.17) is 4.99 Å². The van der Waals surface area contributed by atoms with Gasteiger partial charge in [0, 0.05) is 17.0 Å². The predicted molar refractivity (Wildman–Crippen MR) is 113 cm³/mol. The van der Waals surface area contributed by atoms with E-state index in [1.165, 1.54) is 11.1 Å². The van der Waals surface area contributed by atoms with Crippen molar-refractivity contribution in [1.82, 2.24) is 4.98 Å². The summed E-state index contributed by atoms with van der Waals surface area (Å²) in [7, 11) is 0. The summed E-state index contributed by atoms with van der Waals surface area (Å²) in [6.45, 7) is 12.3. The zero-order valence-electron chi connectivity index (χ0n) is 17.8. The number of nitrogens with zero attached hydrogens (tertiary/aromatic N) is 1. The van der Waals surface area contributed by atoms with Crippen LogP contribution in [0.25, 0.3) is 5.57 Å². The van der Waals surface area contributed by atoms with Crippen LogP contribution in [0.15, 0.2) is 46.1 Å². The van der Waals surface area contributed by atoms with E-state index in [-0.39, 0.29) is 0 Å². The lowest BCUT2D eigenvalue weighted by Crippen LogP contribution is -2.05. The molecule has 0 radical (unpaired) electrons. The number of H-pyrrole nitrogens is 1. The topological polar surface area (TPSA) is 28.1 Å². The Kier molecular flexibility index (Phi) is 5.61. The van der Waals surface area contributed by atoms with Crippen molar-refractivity contribution in [1.29, 1.82) is 0 Å². The third-order valence-electron chi connectivity index (χ3n) is 5.81. The second-order valence-corrected chi connectivity index (χ2v) is 7.54. The van der Waals surface area contributed by atoms with Crippen molar-refractivity contribution in [3.8, 4) is 0 Å². The first-order chi connectivity index (χ1) is 13.6. The molecule has 0 saturated heterocycles. The molecule has 0 spiro atoms. The van der Waals surface area contributed by atoms with Crippen LogP contribution in [0.1, 0.15) is 67.8 Å². The average Bonchev–Trinajstić information content (AvgIpc) is 3.10. The van der Waals surface area contributed by atoms with Gasteiger partial charge in [-0.3, -0.25) is 4.99 Å². The van der Waals surface area contributed by atoms with E-state index in [0.717, 1.165) is 70.0 Å². The van der Waals surface area contributed by atoms with Crippen molar-refractivity contribution in [2.24, 2.45) is 4.99 Å². The molecule has 1 aliphatic rings. The van der Waals surface area contributed by atoms with E-state index in [1.807, 2.05) is 20.8 Å². The van der Waals surface area contributed by atoms with Gasteiger partial charge in [0.15, 0.2) is 0 Å². The monoisotopic (exact) mass is 400 g/mol. The number of halogens is 3. The van der Waals surface area contributed by atoms with Gasteiger partial charge in [0.05, 0.1) is 17.0 Å². The fraction of sp³-hybridized carbons (Fsp3) is 0.375. The van der Waals surface area contributed by atoms with Gasteiger partial charge in [-0.25, -0.2) is 0 Å². The van der Waals surface area contributed by atoms with Crippen LogP contribution in [0.5, 0.6) is 0 Å². The number of nitrogens with one attached hydrogen (secondary N) is 1. The third kappa shape index (κ3) is 3.70. The number of hydrogen-bond donors (Lipinski definition) is 1. The number of aromatic nitrogens is 1. The molecule has 29 heavy (non-hydrogen) atoms. The molecule has 0 fully saturated rings. The van der Waals surface area contributed by atoms with Crippen LogP contribution in [0, 0.1) is 13.8 Å². The van der Waals surface area contributed by atoms with Crippen LogP contribution in [0.4, 0.5) is 13.2 Å². The summed E-state index contributed by atoms with van der Waals surface area (Å²) in [6, 6.07) is 5.39. The Labute approximate surface area is 170 Å². The number of alkyl halides is 3. The van der Waals surface area contributed by atoms with Gasteiger partial charge >= 0.3 is 6.18 Å². The van der Waals surface area contributed by atoms with Gasteiger partial charge in [-0.15, -0.1) is 0 Å². The normalized spacial score (nSPS) is 16.5. The van der Waals surface area contributed by atoms with Crippen LogP contribution in [-0.2, 0) is 12.6 Å². The van der Waals surface area contributed by atoms with Gasteiger partial charge in [-0.2, -0.15) is 13.2 Å². The van der Waals surface area contributed by atoms with Gasteiger partial charge in [0.2, 0.25) is 0 Å². The Morgan fingerprint density at radius 3 is 2.03 bits per heavy atom. The van der Waals surface area contributed by atoms with E-state index >= 15 is 0 Å². The van der Waals surface area contributed by atoms with E-state index in [0.29, 0.717) is 0 Å². The Bertz CT molecular complexity index is 1030. The molecule has 1 aromatic heterocycles. The number of rotatable bonds is 4. The molecule has 0 unspecified atom stereocenters. The van der Waals surface area contributed by atoms with Crippen LogP contribution in [0.2, 0.25) is 0 Å². The van der Waals surface area contributed by atoms with Crippen molar-refractivity contribution < 1.29 is 13.2 Å². The average molecular weight is 400 g/mol. The van der Waals surface area contributed by atoms with Gasteiger partial charge < -0.3 is 4.98 Å². The highest BCUT2D eigenvalue weighted by Crippen LogP contribution is 2.39. The van der Waals surface area contributed by atoms with Crippen LogP contribution >= 0.6 is 0 Å². The summed E-state index contributed by atoms with van der Waals surface area (Å²) >= 11 is 0. The minimum absolute atomic E-state index is 0.646. The highest BCUT2D eigenvalue weighted by Gasteiger charge is 2.31. The molecule has 2 aromatic rings. The molecular weight excluding hydrogens is 373 g/mol. The van der Waals surface area contributed by atoms with E-state index in [2.05, 4.69) is 25.8 Å². The Hall–Kier alpha value is -2.56. The lowest BCUT2D eigenvalue weighted by atomic mass is 9.92. The Morgan fingerprint density at radius 2 is 1.59 bits per heavy atom. The van der Waals surface area contributed by atoms with Crippen LogP contribution < -0.4 is 0 Å². The maximum Gasteiger partial charge on any atom is 0.416 e. The number of allylic oxidation sites excluding steroid dienone is 2. The molecule has 0 bridgehead atoms. The maximum absolute atomic E-state index is 13.1. The zero-order chi connectivity index (χ0) is 21.5. The first-order valence-electron chi connectivity index (χ1n) is 9.96. The summed E-state index contributed by atoms with van der Waals surface area (Å²) in [4.78, 5) is 8.31. The van der Waals surface area contributed by atoms with Gasteiger partial charge in [0.1, 0.15) is 0 Å². The molecule has 2 heterocycles. The number of aryl methyl sites for hydroxylation is 1. The lowest BCUT2D eigenvalue weighted by molar-refractivity contribution is -0.137. The first-order valence-corrected chi connectivity index (χ1v) is 9.96. The molecule has 0 saturated carbocycles. The minimum Gasteiger partial charge on any atom is -0.358 e. The molecule has 5 heteroatoms. The van der Waals surface area contributed by atoms with E-state index < -0.39 is 11.7 Å². The fourth-order valence-corrected chi connectivity index (χ4v) is 4.29. The van der Waals surface area contributed by atoms with Gasteiger partial charge in [-0.05, 0) is 80.5 Å². The van der Waals surface area contributed by atoms with Crippen LogP contribution in [0.3, 0.4) is 0 Å². The van der Waals surface area contributed by atoms with Crippen molar-refractivity contribution in [2.75, 3.05) is 0 Å². The standard InChI is InChI=1S/C24H27F3N2/c1-7-19-13(3)22(28-15(19)5)21(23-14(4)20(8-2)16(6)29-23)17-9-11-18(12-10-17)24(25,26)27/h9-12,28H,7-8H2,1-6H3/b23-21-. The predicted octanol–water partition coefficient (Wildman–Crippen LogP) is 7.17. The van der Waals surface area contributed by atoms with E-state index in [9.17, 15) is 13.2 Å². The number of benzene rings is 1. The summed E-state index contributed by atoms with van der Waals surface area (Å²) < 4.78 is 39.2. The molecule has 0 amide bonds. The van der Waals surface area contributed by atoms with Gasteiger partial charge in [0.25, 0.3) is 0 Å². The smallest absolute Gasteiger partial charge is 0.358 e. The van der Waals surface area contributed by atoms with Crippen LogP contribution in [-0.4, -0.2) is 10.7 Å². The van der Waals surface area contributed by atoms with Crippen molar-refractivity contribution in [3.63, 3.8) is 0 Å². The minimum atomic E-state index is -4.35. The number of aromatic amines is 1. The summed E-state index contributed by atoms with van der Waals surface area (Å²) in [5, 5.41) is 0. The van der Waals surface area contributed by atoms with E-state index in [1.54, 1.807) is 12.1 Å². The number of aliphatic imine (C=N–C) groups is 1. The molecule has 2 nitrogen and oxygen atoms in total. The maximum atomic E-state index is 13.1. The third-order valence-corrected chi connectivity index (χ3v) is 5.81. The SMILES string of the molecule is CCC1=C(C)/C(=C(\c2ccc(C(F)(F)F)cc2)c2[nH]c(C)c(CC)c2C)N=C1C. The summed E-state index contributed by atoms with van der Waals surface area (Å²) in [5.41, 5.74) is 9.42. The molecule has 1 N–H and O–H groups in total. The zero-order valence-corrected chi connectivity index (χ0v) is 17.8. The molecule has 0 aliphatic carbocycles. The molecule has 1 aromatic carbocycles. The largest absolute Gasteiger partial charge is 0.416 e. The van der Waals surface area contributed by atoms with Gasteiger partial charge in [-0.1, -0.05) is 26.0 Å². The van der Waals surface area contributed by atoms with Crippen molar-refractivity contribution in [3.05, 3.63) is 74.8 Å². The highest BCUT2D eigenvalue weighted by atomic mass is 19.4. The summed E-state index contributed by atoms with van der Waals surface area (Å²) in [5.74, 6) is 0. The quantitative estimate of drug-likeness (QED) is 0.563. The highest BCUT2D eigenvalue weighted by molar-refractivity contribution is 6.05. The number of hydrogen-bond acceptors (Lipinski definition) is 1. The molecule has 0 atom stereocenters. The lowest BCUT2D eigenvalue weighted by Gasteiger charge is -2.14.